The molecule has 0 saturated carbocycles. The van der Waals surface area contributed by atoms with Crippen LogP contribution in [0, 0.1) is 11.6 Å². The summed E-state index contributed by atoms with van der Waals surface area (Å²) in [6, 6.07) is 10.9. The average Bonchev–Trinajstić information content (AvgIpc) is 2.92. The minimum Gasteiger partial charge on any atom is -0.376 e. The van der Waals surface area contributed by atoms with Gasteiger partial charge in [0.25, 0.3) is 5.91 Å². The molecule has 0 heterocycles. The molecule has 3 rings (SSSR count). The average molecular weight is 317 g/mol. The van der Waals surface area contributed by atoms with Crippen molar-refractivity contribution in [2.24, 2.45) is 0 Å². The summed E-state index contributed by atoms with van der Waals surface area (Å²) in [6.45, 7) is 0.258. The molecule has 0 aromatic heterocycles. The summed E-state index contributed by atoms with van der Waals surface area (Å²) in [4.78, 5) is 12.1. The number of halogens is 2. The number of benzene rings is 2. The van der Waals surface area contributed by atoms with Crippen LogP contribution in [0.15, 0.2) is 42.5 Å². The second-order valence-electron chi connectivity index (χ2n) is 5.82. The molecule has 0 bridgehead atoms. The number of hydrogen-bond donors (Lipinski definition) is 1. The predicted molar refractivity (Wildman–Crippen MR) is 82.3 cm³/mol. The minimum atomic E-state index is -0.872. The Morgan fingerprint density at radius 1 is 1.17 bits per heavy atom. The zero-order valence-electron chi connectivity index (χ0n) is 12.7. The summed E-state index contributed by atoms with van der Waals surface area (Å²) in [5.41, 5.74) is 1.68. The predicted octanol–water partition coefficient (Wildman–Crippen LogP) is 2.88. The molecule has 23 heavy (non-hydrogen) atoms. The van der Waals surface area contributed by atoms with E-state index in [1.165, 1.54) is 11.1 Å². The highest BCUT2D eigenvalue weighted by Gasteiger charge is 2.37. The Hall–Kier alpha value is -2.27. The highest BCUT2D eigenvalue weighted by molar-refractivity contribution is 5.94. The van der Waals surface area contributed by atoms with Crippen LogP contribution in [0.25, 0.3) is 0 Å². The van der Waals surface area contributed by atoms with E-state index in [0.717, 1.165) is 12.1 Å². The number of ether oxygens (including phenoxy) is 1. The molecule has 5 heteroatoms. The molecule has 120 valence electrons. The first-order valence-corrected chi connectivity index (χ1v) is 7.38. The minimum absolute atomic E-state index is 0.173. The van der Waals surface area contributed by atoms with E-state index in [1.807, 2.05) is 24.3 Å². The maximum Gasteiger partial charge on any atom is 0.254 e. The van der Waals surface area contributed by atoms with E-state index in [2.05, 4.69) is 5.32 Å². The van der Waals surface area contributed by atoms with Gasteiger partial charge >= 0.3 is 0 Å². The maximum atomic E-state index is 13.7. The molecule has 0 radical (unpaired) electrons. The molecule has 0 aliphatic heterocycles. The van der Waals surface area contributed by atoms with Crippen LogP contribution in [0.2, 0.25) is 0 Å². The third-order valence-corrected chi connectivity index (χ3v) is 4.32. The van der Waals surface area contributed by atoms with Crippen molar-refractivity contribution >= 4 is 5.91 Å². The lowest BCUT2D eigenvalue weighted by Crippen LogP contribution is -2.45. The van der Waals surface area contributed by atoms with Gasteiger partial charge in [-0.2, -0.15) is 0 Å². The molecule has 0 saturated heterocycles. The lowest BCUT2D eigenvalue weighted by Gasteiger charge is -2.27. The summed E-state index contributed by atoms with van der Waals surface area (Å²) in [6.07, 6.45) is 1.37. The zero-order chi connectivity index (χ0) is 16.4. The summed E-state index contributed by atoms with van der Waals surface area (Å²) < 4.78 is 32.2. The van der Waals surface area contributed by atoms with E-state index in [4.69, 9.17) is 4.74 Å². The van der Waals surface area contributed by atoms with Gasteiger partial charge in [-0.25, -0.2) is 8.78 Å². The molecule has 1 aliphatic rings. The molecule has 0 spiro atoms. The van der Waals surface area contributed by atoms with Crippen molar-refractivity contribution in [1.29, 1.82) is 0 Å². The van der Waals surface area contributed by atoms with E-state index in [9.17, 15) is 13.6 Å². The lowest BCUT2D eigenvalue weighted by molar-refractivity contribution is 0.000141. The van der Waals surface area contributed by atoms with Gasteiger partial charge in [0, 0.05) is 32.6 Å². The van der Waals surface area contributed by atoms with Gasteiger partial charge in [-0.05, 0) is 23.3 Å². The van der Waals surface area contributed by atoms with Gasteiger partial charge in [-0.3, -0.25) is 4.79 Å². The molecule has 1 amide bonds. The van der Waals surface area contributed by atoms with Crippen LogP contribution < -0.4 is 5.32 Å². The highest BCUT2D eigenvalue weighted by atomic mass is 19.1. The lowest BCUT2D eigenvalue weighted by atomic mass is 10.00. The number of rotatable bonds is 4. The van der Waals surface area contributed by atoms with Gasteiger partial charge in [0.05, 0.1) is 11.2 Å². The second-order valence-corrected chi connectivity index (χ2v) is 5.82. The topological polar surface area (TPSA) is 38.3 Å². The van der Waals surface area contributed by atoms with Crippen LogP contribution in [0.3, 0.4) is 0 Å². The number of nitrogens with one attached hydrogen (secondary N) is 1. The van der Waals surface area contributed by atoms with Crippen LogP contribution in [0.5, 0.6) is 0 Å². The van der Waals surface area contributed by atoms with E-state index in [1.54, 1.807) is 7.11 Å². The Morgan fingerprint density at radius 3 is 2.39 bits per heavy atom. The van der Waals surface area contributed by atoms with Gasteiger partial charge in [-0.15, -0.1) is 0 Å². The molecule has 2 aromatic carbocycles. The molecule has 1 N–H and O–H groups in total. The zero-order valence-corrected chi connectivity index (χ0v) is 12.7. The van der Waals surface area contributed by atoms with Crippen LogP contribution in [-0.4, -0.2) is 25.2 Å². The Balaban J connectivity index is 1.71. The van der Waals surface area contributed by atoms with Crippen molar-refractivity contribution in [3.8, 4) is 0 Å². The number of hydrogen-bond acceptors (Lipinski definition) is 2. The fourth-order valence-electron chi connectivity index (χ4n) is 3.01. The first-order valence-electron chi connectivity index (χ1n) is 7.38. The molecule has 0 unspecified atom stereocenters. The molecule has 3 nitrogen and oxygen atoms in total. The molecule has 2 aromatic rings. The van der Waals surface area contributed by atoms with Crippen LogP contribution in [-0.2, 0) is 17.6 Å². The van der Waals surface area contributed by atoms with Crippen molar-refractivity contribution in [1.82, 2.24) is 5.32 Å². The van der Waals surface area contributed by atoms with E-state index >= 15 is 0 Å². The van der Waals surface area contributed by atoms with Gasteiger partial charge in [0.1, 0.15) is 11.6 Å². The normalized spacial score (nSPS) is 15.3. The molecular weight excluding hydrogens is 300 g/mol. The molecular formula is C18H17F2NO2. The number of amides is 1. The van der Waals surface area contributed by atoms with Crippen molar-refractivity contribution in [3.05, 3.63) is 70.8 Å². The third kappa shape index (κ3) is 3.10. The van der Waals surface area contributed by atoms with Gasteiger partial charge < -0.3 is 10.1 Å². The summed E-state index contributed by atoms with van der Waals surface area (Å²) >= 11 is 0. The Labute approximate surface area is 133 Å². The van der Waals surface area contributed by atoms with E-state index < -0.39 is 23.1 Å². The fourth-order valence-corrected chi connectivity index (χ4v) is 3.01. The highest BCUT2D eigenvalue weighted by Crippen LogP contribution is 2.32. The molecule has 0 atom stereocenters. The number of fused-ring (bicyclic) bond motifs is 1. The smallest absolute Gasteiger partial charge is 0.254 e. The van der Waals surface area contributed by atoms with Crippen molar-refractivity contribution in [2.45, 2.75) is 18.4 Å². The van der Waals surface area contributed by atoms with Crippen molar-refractivity contribution < 1.29 is 18.3 Å². The molecule has 1 aliphatic carbocycles. The van der Waals surface area contributed by atoms with E-state index in [-0.39, 0.29) is 12.1 Å². The number of carbonyl (C=O) groups excluding carboxylic acids is 1. The number of carbonyl (C=O) groups is 1. The Kier molecular flexibility index (Phi) is 4.13. The van der Waals surface area contributed by atoms with Crippen LogP contribution in [0.1, 0.15) is 21.5 Å². The van der Waals surface area contributed by atoms with Crippen LogP contribution in [0.4, 0.5) is 8.78 Å². The SMILES string of the molecule is COC1(CNC(=O)c2ccc(F)cc2F)Cc2ccccc2C1. The summed E-state index contributed by atoms with van der Waals surface area (Å²) in [7, 11) is 1.61. The van der Waals surface area contributed by atoms with Crippen LogP contribution >= 0.6 is 0 Å². The van der Waals surface area contributed by atoms with Crippen molar-refractivity contribution in [2.75, 3.05) is 13.7 Å². The second kappa shape index (κ2) is 6.08. The largest absolute Gasteiger partial charge is 0.376 e. The fraction of sp³-hybridized carbons (Fsp3) is 0.278. The Bertz CT molecular complexity index is 721. The standard InChI is InChI=1S/C18H17F2NO2/c1-23-18(9-12-4-2-3-5-13(12)10-18)11-21-17(22)15-7-6-14(19)8-16(15)20/h2-8H,9-11H2,1H3,(H,21,22). The Morgan fingerprint density at radius 2 is 1.83 bits per heavy atom. The summed E-state index contributed by atoms with van der Waals surface area (Å²) in [5.74, 6) is -2.16. The first-order chi connectivity index (χ1) is 11.0. The van der Waals surface area contributed by atoms with E-state index in [0.29, 0.717) is 18.9 Å². The molecule has 0 fully saturated rings. The third-order valence-electron chi connectivity index (χ3n) is 4.32. The maximum absolute atomic E-state index is 13.7. The monoisotopic (exact) mass is 317 g/mol. The quantitative estimate of drug-likeness (QED) is 0.942. The van der Waals surface area contributed by atoms with Gasteiger partial charge in [-0.1, -0.05) is 24.3 Å². The van der Waals surface area contributed by atoms with Crippen molar-refractivity contribution in [3.63, 3.8) is 0 Å². The first kappa shape index (κ1) is 15.6. The van der Waals surface area contributed by atoms with Gasteiger partial charge in [0.2, 0.25) is 0 Å². The number of methoxy groups -OCH3 is 1. The van der Waals surface area contributed by atoms with Gasteiger partial charge in [0.15, 0.2) is 0 Å². The summed E-state index contributed by atoms with van der Waals surface area (Å²) in [5, 5.41) is 2.70.